The van der Waals surface area contributed by atoms with Crippen LogP contribution >= 0.6 is 0 Å². The standard InChI is InChI=1S/C19H15NO3/c21-19(11-13-8-9-17-18(10-13)23-12-22-17)20-16-7-3-5-14-4-1-2-6-15(14)16/h1-10H,11-12H2,(H,20,21). The molecule has 3 aromatic rings. The van der Waals surface area contributed by atoms with E-state index in [0.29, 0.717) is 12.2 Å². The summed E-state index contributed by atoms with van der Waals surface area (Å²) >= 11 is 0. The molecule has 0 unspecified atom stereocenters. The highest BCUT2D eigenvalue weighted by molar-refractivity contribution is 6.02. The minimum atomic E-state index is -0.0554. The first-order valence-electron chi connectivity index (χ1n) is 7.46. The molecule has 0 saturated heterocycles. The quantitative estimate of drug-likeness (QED) is 0.801. The fourth-order valence-corrected chi connectivity index (χ4v) is 2.77. The van der Waals surface area contributed by atoms with E-state index in [1.807, 2.05) is 60.7 Å². The minimum absolute atomic E-state index is 0.0554. The third-order valence-electron chi connectivity index (χ3n) is 3.87. The smallest absolute Gasteiger partial charge is 0.231 e. The first-order chi connectivity index (χ1) is 11.3. The van der Waals surface area contributed by atoms with Gasteiger partial charge in [0.15, 0.2) is 11.5 Å². The van der Waals surface area contributed by atoms with Crippen molar-refractivity contribution < 1.29 is 14.3 Å². The molecule has 1 aliphatic heterocycles. The molecule has 1 aliphatic rings. The van der Waals surface area contributed by atoms with Crippen molar-refractivity contribution >= 4 is 22.4 Å². The zero-order valence-electron chi connectivity index (χ0n) is 12.4. The molecule has 114 valence electrons. The van der Waals surface area contributed by atoms with Gasteiger partial charge in [-0.2, -0.15) is 0 Å². The van der Waals surface area contributed by atoms with Crippen molar-refractivity contribution in [3.63, 3.8) is 0 Å². The first-order valence-corrected chi connectivity index (χ1v) is 7.46. The Hall–Kier alpha value is -3.01. The number of benzene rings is 3. The van der Waals surface area contributed by atoms with Crippen LogP contribution in [0.5, 0.6) is 11.5 Å². The van der Waals surface area contributed by atoms with Crippen LogP contribution in [0.1, 0.15) is 5.56 Å². The molecular weight excluding hydrogens is 290 g/mol. The summed E-state index contributed by atoms with van der Waals surface area (Å²) in [6.45, 7) is 0.237. The maximum Gasteiger partial charge on any atom is 0.231 e. The highest BCUT2D eigenvalue weighted by Gasteiger charge is 2.14. The van der Waals surface area contributed by atoms with Gasteiger partial charge in [-0.25, -0.2) is 0 Å². The molecule has 0 atom stereocenters. The fraction of sp³-hybridized carbons (Fsp3) is 0.105. The molecule has 4 rings (SSSR count). The van der Waals surface area contributed by atoms with Crippen LogP contribution in [-0.2, 0) is 11.2 Å². The number of nitrogens with one attached hydrogen (secondary N) is 1. The van der Waals surface area contributed by atoms with Crippen molar-refractivity contribution in [1.29, 1.82) is 0 Å². The van der Waals surface area contributed by atoms with E-state index in [1.165, 1.54) is 0 Å². The molecule has 0 aliphatic carbocycles. The highest BCUT2D eigenvalue weighted by atomic mass is 16.7. The van der Waals surface area contributed by atoms with Crippen LogP contribution < -0.4 is 14.8 Å². The second-order valence-electron chi connectivity index (χ2n) is 5.44. The molecule has 0 aromatic heterocycles. The van der Waals surface area contributed by atoms with Crippen molar-refractivity contribution in [1.82, 2.24) is 0 Å². The number of carbonyl (C=O) groups excluding carboxylic acids is 1. The molecule has 4 heteroatoms. The van der Waals surface area contributed by atoms with Gasteiger partial charge in [0.2, 0.25) is 12.7 Å². The Kier molecular flexibility index (Phi) is 3.35. The zero-order chi connectivity index (χ0) is 15.6. The second kappa shape index (κ2) is 5.65. The monoisotopic (exact) mass is 305 g/mol. The predicted molar refractivity (Wildman–Crippen MR) is 88.8 cm³/mol. The predicted octanol–water partition coefficient (Wildman–Crippen LogP) is 3.75. The summed E-state index contributed by atoms with van der Waals surface area (Å²) in [6, 6.07) is 19.5. The summed E-state index contributed by atoms with van der Waals surface area (Å²) in [5.74, 6) is 1.36. The highest BCUT2D eigenvalue weighted by Crippen LogP contribution is 2.32. The Labute approximate surface area is 133 Å². The van der Waals surface area contributed by atoms with E-state index in [4.69, 9.17) is 9.47 Å². The molecule has 0 spiro atoms. The van der Waals surface area contributed by atoms with Gasteiger partial charge in [-0.1, -0.05) is 42.5 Å². The maximum atomic E-state index is 12.3. The van der Waals surface area contributed by atoms with Gasteiger partial charge in [0.1, 0.15) is 0 Å². The largest absolute Gasteiger partial charge is 0.454 e. The van der Waals surface area contributed by atoms with Crippen molar-refractivity contribution in [3.05, 3.63) is 66.2 Å². The average Bonchev–Trinajstić information content (AvgIpc) is 3.03. The van der Waals surface area contributed by atoms with Crippen LogP contribution in [0, 0.1) is 0 Å². The summed E-state index contributed by atoms with van der Waals surface area (Å²) < 4.78 is 10.6. The van der Waals surface area contributed by atoms with E-state index in [0.717, 1.165) is 27.8 Å². The first kappa shape index (κ1) is 13.6. The van der Waals surface area contributed by atoms with Gasteiger partial charge in [0, 0.05) is 11.1 Å². The van der Waals surface area contributed by atoms with Crippen LogP contribution in [0.2, 0.25) is 0 Å². The average molecular weight is 305 g/mol. The third kappa shape index (κ3) is 2.71. The van der Waals surface area contributed by atoms with Crippen molar-refractivity contribution in [2.45, 2.75) is 6.42 Å². The van der Waals surface area contributed by atoms with E-state index in [9.17, 15) is 4.79 Å². The van der Waals surface area contributed by atoms with Crippen LogP contribution in [0.4, 0.5) is 5.69 Å². The van der Waals surface area contributed by atoms with Crippen LogP contribution in [0.25, 0.3) is 10.8 Å². The van der Waals surface area contributed by atoms with E-state index in [2.05, 4.69) is 5.32 Å². The van der Waals surface area contributed by atoms with Crippen LogP contribution in [0.15, 0.2) is 60.7 Å². The zero-order valence-corrected chi connectivity index (χ0v) is 12.4. The van der Waals surface area contributed by atoms with E-state index in [1.54, 1.807) is 0 Å². The van der Waals surface area contributed by atoms with Gasteiger partial charge in [-0.05, 0) is 29.1 Å². The summed E-state index contributed by atoms with van der Waals surface area (Å²) in [4.78, 5) is 12.3. The summed E-state index contributed by atoms with van der Waals surface area (Å²) in [5.41, 5.74) is 1.72. The lowest BCUT2D eigenvalue weighted by molar-refractivity contribution is -0.115. The van der Waals surface area contributed by atoms with Gasteiger partial charge in [0.05, 0.1) is 6.42 Å². The molecular formula is C19H15NO3. The Balaban J connectivity index is 1.53. The minimum Gasteiger partial charge on any atom is -0.454 e. The Bertz CT molecular complexity index is 883. The molecule has 1 amide bonds. The topological polar surface area (TPSA) is 47.6 Å². The molecule has 0 fully saturated rings. The van der Waals surface area contributed by atoms with Gasteiger partial charge in [0.25, 0.3) is 0 Å². The van der Waals surface area contributed by atoms with Gasteiger partial charge in [-0.15, -0.1) is 0 Å². The lowest BCUT2D eigenvalue weighted by Crippen LogP contribution is -2.14. The maximum absolute atomic E-state index is 12.3. The second-order valence-corrected chi connectivity index (χ2v) is 5.44. The lowest BCUT2D eigenvalue weighted by Gasteiger charge is -2.09. The fourth-order valence-electron chi connectivity index (χ4n) is 2.77. The number of hydrogen-bond acceptors (Lipinski definition) is 3. The van der Waals surface area contributed by atoms with Gasteiger partial charge < -0.3 is 14.8 Å². The summed E-state index contributed by atoms with van der Waals surface area (Å²) in [5, 5.41) is 5.13. The number of amides is 1. The number of hydrogen-bond donors (Lipinski definition) is 1. The van der Waals surface area contributed by atoms with E-state index >= 15 is 0 Å². The molecule has 3 aromatic carbocycles. The molecule has 0 radical (unpaired) electrons. The summed E-state index contributed by atoms with van der Waals surface area (Å²) in [6.07, 6.45) is 0.292. The molecule has 0 saturated carbocycles. The number of ether oxygens (including phenoxy) is 2. The normalized spacial score (nSPS) is 12.3. The Morgan fingerprint density at radius 1 is 0.957 bits per heavy atom. The van der Waals surface area contributed by atoms with Crippen molar-refractivity contribution in [2.75, 3.05) is 12.1 Å². The summed E-state index contributed by atoms with van der Waals surface area (Å²) in [7, 11) is 0. The van der Waals surface area contributed by atoms with E-state index in [-0.39, 0.29) is 12.7 Å². The Morgan fingerprint density at radius 3 is 2.74 bits per heavy atom. The SMILES string of the molecule is O=C(Cc1ccc2c(c1)OCO2)Nc1cccc2ccccc12. The number of fused-ring (bicyclic) bond motifs is 2. The van der Waals surface area contributed by atoms with E-state index < -0.39 is 0 Å². The number of anilines is 1. The molecule has 1 heterocycles. The third-order valence-corrected chi connectivity index (χ3v) is 3.87. The molecule has 0 bridgehead atoms. The van der Waals surface area contributed by atoms with Crippen LogP contribution in [-0.4, -0.2) is 12.7 Å². The molecule has 4 nitrogen and oxygen atoms in total. The Morgan fingerprint density at radius 2 is 1.78 bits per heavy atom. The van der Waals surface area contributed by atoms with Gasteiger partial charge in [-0.3, -0.25) is 4.79 Å². The van der Waals surface area contributed by atoms with Crippen molar-refractivity contribution in [2.24, 2.45) is 0 Å². The van der Waals surface area contributed by atoms with Crippen molar-refractivity contribution in [3.8, 4) is 11.5 Å². The number of carbonyl (C=O) groups is 1. The number of rotatable bonds is 3. The molecule has 23 heavy (non-hydrogen) atoms. The van der Waals surface area contributed by atoms with Gasteiger partial charge >= 0.3 is 0 Å². The lowest BCUT2D eigenvalue weighted by atomic mass is 10.1. The molecule has 1 N–H and O–H groups in total. The van der Waals surface area contributed by atoms with Crippen LogP contribution in [0.3, 0.4) is 0 Å².